The number of hydrogen-bond donors (Lipinski definition) is 0. The van der Waals surface area contributed by atoms with E-state index >= 15 is 0 Å². The Morgan fingerprint density at radius 2 is 0.588 bits per heavy atom. The molecule has 0 aliphatic heterocycles. The van der Waals surface area contributed by atoms with Gasteiger partial charge in [-0.1, -0.05) is 168 Å². The topological polar surface area (TPSA) is 77.8 Å². The first-order chi connectivity index (χ1) is 33.3. The quantitative estimate of drug-likeness (QED) is 0.151. The van der Waals surface area contributed by atoms with Gasteiger partial charge in [-0.2, -0.15) is 0 Å². The smallest absolute Gasteiger partial charge is 0.227 e. The molecule has 0 saturated carbocycles. The fourth-order valence-electron chi connectivity index (χ4n) is 9.51. The number of rotatable bonds is 8. The van der Waals surface area contributed by atoms with E-state index in [1.807, 2.05) is 48.5 Å². The summed E-state index contributed by atoms with van der Waals surface area (Å²) in [6.45, 7) is 8.61. The van der Waals surface area contributed by atoms with Crippen molar-refractivity contribution in [2.45, 2.75) is 27.7 Å². The van der Waals surface area contributed by atoms with Gasteiger partial charge in [0.05, 0.1) is 22.4 Å². The van der Waals surface area contributed by atoms with E-state index in [2.05, 4.69) is 173 Å². The molecule has 6 heteroatoms. The predicted molar refractivity (Wildman–Crippen MR) is 277 cm³/mol. The Morgan fingerprint density at radius 1 is 0.279 bits per heavy atom. The molecule has 68 heavy (non-hydrogen) atoms. The van der Waals surface area contributed by atoms with Crippen LogP contribution in [0.2, 0.25) is 0 Å². The van der Waals surface area contributed by atoms with Crippen LogP contribution in [0.3, 0.4) is 0 Å². The van der Waals surface area contributed by atoms with Gasteiger partial charge in [-0.05, 0) is 110 Å². The third-order valence-electron chi connectivity index (χ3n) is 12.7. The van der Waals surface area contributed by atoms with Crippen LogP contribution in [-0.2, 0) is 0 Å². The highest BCUT2D eigenvalue weighted by Crippen LogP contribution is 2.41. The summed E-state index contributed by atoms with van der Waals surface area (Å²) in [5, 5.41) is 0. The Bertz CT molecular complexity index is 3500. The minimum absolute atomic E-state index is 0.610. The first-order valence-corrected chi connectivity index (χ1v) is 22.9. The van der Waals surface area contributed by atoms with Gasteiger partial charge in [0.25, 0.3) is 0 Å². The van der Waals surface area contributed by atoms with E-state index in [4.69, 9.17) is 28.8 Å². The Kier molecular flexibility index (Phi) is 9.95. The van der Waals surface area contributed by atoms with Crippen LogP contribution in [0, 0.1) is 27.7 Å². The molecule has 0 saturated heterocycles. The van der Waals surface area contributed by atoms with E-state index < -0.39 is 0 Å². The zero-order valence-corrected chi connectivity index (χ0v) is 38.1. The second-order valence-corrected chi connectivity index (χ2v) is 17.8. The first kappa shape index (κ1) is 40.7. The third kappa shape index (κ3) is 7.62. The average Bonchev–Trinajstić information content (AvgIpc) is 4.01. The van der Waals surface area contributed by atoms with Crippen LogP contribution < -0.4 is 0 Å². The standard InChI is InChI=1S/C62H44N4O2/c1-37-31-38(2)34-49(33-37)51-29-30-52(50-35-39(3)32-40(4)36-50)60-59(51)65-57(45-21-13-41(14-22-45)43-17-25-47(26-18-43)61-63-53-9-5-7-11-55(53)67-61)58(66-60)46-23-15-42(16-24-46)44-19-27-48(28-20-44)62-64-54-10-6-8-12-56(54)68-62/h5-36H,1-4H3. The molecule has 0 aliphatic carbocycles. The highest BCUT2D eigenvalue weighted by atomic mass is 16.4. The molecule has 0 bridgehead atoms. The number of nitrogens with zero attached hydrogens (tertiary/aromatic N) is 4. The molecule has 12 rings (SSSR count). The minimum atomic E-state index is 0.610. The van der Waals surface area contributed by atoms with Crippen LogP contribution in [-0.4, -0.2) is 19.9 Å². The van der Waals surface area contributed by atoms with Gasteiger partial charge in [0.2, 0.25) is 11.8 Å². The zero-order valence-electron chi connectivity index (χ0n) is 38.1. The van der Waals surface area contributed by atoms with Gasteiger partial charge >= 0.3 is 0 Å². The molecule has 0 amide bonds. The van der Waals surface area contributed by atoms with E-state index in [1.165, 1.54) is 22.3 Å². The summed E-state index contributed by atoms with van der Waals surface area (Å²) in [4.78, 5) is 20.8. The number of aryl methyl sites for hydroxylation is 4. The maximum absolute atomic E-state index is 6.06. The Labute approximate surface area is 394 Å². The van der Waals surface area contributed by atoms with Gasteiger partial charge in [0.15, 0.2) is 11.2 Å². The van der Waals surface area contributed by atoms with Crippen LogP contribution in [0.5, 0.6) is 0 Å². The monoisotopic (exact) mass is 876 g/mol. The van der Waals surface area contributed by atoms with Gasteiger partial charge in [0, 0.05) is 33.4 Å². The van der Waals surface area contributed by atoms with Crippen LogP contribution >= 0.6 is 0 Å². The van der Waals surface area contributed by atoms with Gasteiger partial charge in [-0.15, -0.1) is 0 Å². The first-order valence-electron chi connectivity index (χ1n) is 22.9. The number of hydrogen-bond acceptors (Lipinski definition) is 6. The lowest BCUT2D eigenvalue weighted by molar-refractivity contribution is 0.619. The van der Waals surface area contributed by atoms with E-state index in [9.17, 15) is 0 Å². The summed E-state index contributed by atoms with van der Waals surface area (Å²) in [5.41, 5.74) is 23.9. The van der Waals surface area contributed by atoms with E-state index in [0.29, 0.717) is 11.8 Å². The van der Waals surface area contributed by atoms with Crippen molar-refractivity contribution in [3.8, 4) is 89.9 Å². The molecule has 0 spiro atoms. The number of benzene rings is 9. The fraction of sp³-hybridized carbons (Fsp3) is 0.0645. The SMILES string of the molecule is Cc1cc(C)cc(-c2ccc(-c3cc(C)cc(C)c3)c3nc(-c4ccc(-c5ccc(-c6nc7ccccc7o6)cc5)cc4)c(-c4ccc(-c5ccc(-c6nc7ccccc7o6)cc5)cc4)nc23)c1. The molecule has 0 atom stereocenters. The van der Waals surface area contributed by atoms with Crippen molar-refractivity contribution in [2.75, 3.05) is 0 Å². The van der Waals surface area contributed by atoms with Gasteiger partial charge in [0.1, 0.15) is 11.0 Å². The van der Waals surface area contributed by atoms with Crippen molar-refractivity contribution in [3.63, 3.8) is 0 Å². The lowest BCUT2D eigenvalue weighted by atomic mass is 9.93. The highest BCUT2D eigenvalue weighted by Gasteiger charge is 2.21. The average molecular weight is 877 g/mol. The lowest BCUT2D eigenvalue weighted by Gasteiger charge is -2.17. The molecule has 12 aromatic rings. The summed E-state index contributed by atoms with van der Waals surface area (Å²) in [6.07, 6.45) is 0. The maximum Gasteiger partial charge on any atom is 0.227 e. The Morgan fingerprint density at radius 3 is 0.926 bits per heavy atom. The largest absolute Gasteiger partial charge is 0.436 e. The van der Waals surface area contributed by atoms with Crippen LogP contribution in [0.15, 0.2) is 203 Å². The Hall–Kier alpha value is -8.74. The number of fused-ring (bicyclic) bond motifs is 3. The van der Waals surface area contributed by atoms with Crippen molar-refractivity contribution >= 4 is 33.2 Å². The molecule has 0 fully saturated rings. The maximum atomic E-state index is 6.06. The predicted octanol–water partition coefficient (Wildman–Crippen LogP) is 16.5. The van der Waals surface area contributed by atoms with E-state index in [0.717, 1.165) is 111 Å². The summed E-state index contributed by atoms with van der Waals surface area (Å²) >= 11 is 0. The molecule has 0 unspecified atom stereocenters. The van der Waals surface area contributed by atoms with Crippen LogP contribution in [0.25, 0.3) is 123 Å². The number of para-hydroxylation sites is 4. The molecule has 9 aromatic carbocycles. The molecular weight excluding hydrogens is 833 g/mol. The molecule has 3 aromatic heterocycles. The van der Waals surface area contributed by atoms with Crippen molar-refractivity contribution in [1.29, 1.82) is 0 Å². The van der Waals surface area contributed by atoms with Gasteiger partial charge in [-0.3, -0.25) is 0 Å². The second kappa shape index (κ2) is 16.6. The van der Waals surface area contributed by atoms with E-state index in [-0.39, 0.29) is 0 Å². The minimum Gasteiger partial charge on any atom is -0.436 e. The lowest BCUT2D eigenvalue weighted by Crippen LogP contribution is -1.99. The number of aromatic nitrogens is 4. The normalized spacial score (nSPS) is 11.5. The van der Waals surface area contributed by atoms with E-state index in [1.54, 1.807) is 0 Å². The van der Waals surface area contributed by atoms with Gasteiger partial charge < -0.3 is 8.83 Å². The summed E-state index contributed by atoms with van der Waals surface area (Å²) < 4.78 is 12.1. The molecule has 324 valence electrons. The summed E-state index contributed by atoms with van der Waals surface area (Å²) in [6, 6.07) is 67.7. The van der Waals surface area contributed by atoms with Crippen molar-refractivity contribution in [3.05, 3.63) is 216 Å². The fourth-order valence-corrected chi connectivity index (χ4v) is 9.51. The van der Waals surface area contributed by atoms with Crippen LogP contribution in [0.4, 0.5) is 0 Å². The summed E-state index contributed by atoms with van der Waals surface area (Å²) in [7, 11) is 0. The summed E-state index contributed by atoms with van der Waals surface area (Å²) in [5.74, 6) is 1.22. The molecule has 0 aliphatic rings. The van der Waals surface area contributed by atoms with Crippen molar-refractivity contribution in [2.24, 2.45) is 0 Å². The molecule has 0 radical (unpaired) electrons. The molecule has 6 nitrogen and oxygen atoms in total. The van der Waals surface area contributed by atoms with Crippen LogP contribution in [0.1, 0.15) is 22.3 Å². The number of oxazole rings is 2. The third-order valence-corrected chi connectivity index (χ3v) is 12.7. The molecule has 0 N–H and O–H groups in total. The van der Waals surface area contributed by atoms with Gasteiger partial charge in [-0.25, -0.2) is 19.9 Å². The second-order valence-electron chi connectivity index (χ2n) is 17.8. The van der Waals surface area contributed by atoms with Crippen molar-refractivity contribution in [1.82, 2.24) is 19.9 Å². The van der Waals surface area contributed by atoms with Crippen molar-refractivity contribution < 1.29 is 8.83 Å². The highest BCUT2D eigenvalue weighted by molar-refractivity contribution is 6.03. The Balaban J connectivity index is 0.975. The molecule has 3 heterocycles. The molecular formula is C62H44N4O2. The zero-order chi connectivity index (χ0) is 45.9.